The van der Waals surface area contributed by atoms with E-state index in [1.54, 1.807) is 18.2 Å². The quantitative estimate of drug-likeness (QED) is 0.771. The molecule has 3 rings (SSSR count). The molecule has 5 nitrogen and oxygen atoms in total. The summed E-state index contributed by atoms with van der Waals surface area (Å²) in [6.45, 7) is 0. The summed E-state index contributed by atoms with van der Waals surface area (Å²) >= 11 is 0. The molecule has 0 aliphatic heterocycles. The molecule has 2 N–H and O–H groups in total. The molecule has 0 saturated carbocycles. The molecular formula is C16H13N3O2. The first kappa shape index (κ1) is 13.1. The number of nitrogens with one attached hydrogen (secondary N) is 2. The second-order valence-electron chi connectivity index (χ2n) is 4.64. The van der Waals surface area contributed by atoms with Gasteiger partial charge < -0.3 is 10.3 Å². The number of carbonyl (C=O) groups excluding carboxylic acids is 1. The monoisotopic (exact) mass is 279 g/mol. The SMILES string of the molecule is O=C(Cc1ccccc1)Nc1cccc2nc[nH]c(=O)c12. The molecule has 21 heavy (non-hydrogen) atoms. The predicted octanol–water partition coefficient (Wildman–Crippen LogP) is 2.10. The number of amides is 1. The molecule has 0 bridgehead atoms. The number of hydrogen-bond donors (Lipinski definition) is 2. The molecule has 3 aromatic rings. The molecule has 0 radical (unpaired) electrons. The number of H-pyrrole nitrogens is 1. The van der Waals surface area contributed by atoms with Crippen LogP contribution in [0.25, 0.3) is 10.9 Å². The lowest BCUT2D eigenvalue weighted by molar-refractivity contribution is -0.115. The normalized spacial score (nSPS) is 10.5. The van der Waals surface area contributed by atoms with Crippen molar-refractivity contribution in [3.63, 3.8) is 0 Å². The molecule has 104 valence electrons. The topological polar surface area (TPSA) is 74.8 Å². The maximum atomic E-state index is 12.1. The number of benzene rings is 2. The Hall–Kier alpha value is -2.95. The number of aromatic amines is 1. The van der Waals surface area contributed by atoms with E-state index in [4.69, 9.17) is 0 Å². The third-order valence-electron chi connectivity index (χ3n) is 3.15. The minimum atomic E-state index is -0.268. The van der Waals surface area contributed by atoms with E-state index in [0.717, 1.165) is 5.56 Å². The second kappa shape index (κ2) is 5.58. The molecule has 0 aliphatic rings. The average Bonchev–Trinajstić information content (AvgIpc) is 2.48. The molecule has 0 saturated heterocycles. The number of nitrogens with zero attached hydrogens (tertiary/aromatic N) is 1. The standard InChI is InChI=1S/C16H13N3O2/c20-14(9-11-5-2-1-3-6-11)19-13-8-4-7-12-15(13)16(21)18-10-17-12/h1-8,10H,9H2,(H,19,20)(H,17,18,21). The third-order valence-corrected chi connectivity index (χ3v) is 3.15. The van der Waals surface area contributed by atoms with Crippen molar-refractivity contribution in [2.75, 3.05) is 5.32 Å². The van der Waals surface area contributed by atoms with Crippen LogP contribution in [-0.2, 0) is 11.2 Å². The fourth-order valence-electron chi connectivity index (χ4n) is 2.20. The van der Waals surface area contributed by atoms with Crippen molar-refractivity contribution in [3.05, 3.63) is 70.8 Å². The van der Waals surface area contributed by atoms with E-state index >= 15 is 0 Å². The van der Waals surface area contributed by atoms with E-state index in [1.165, 1.54) is 6.33 Å². The highest BCUT2D eigenvalue weighted by Gasteiger charge is 2.09. The average molecular weight is 279 g/mol. The van der Waals surface area contributed by atoms with Gasteiger partial charge in [-0.2, -0.15) is 0 Å². The molecule has 0 atom stereocenters. The van der Waals surface area contributed by atoms with Crippen LogP contribution in [0.4, 0.5) is 5.69 Å². The summed E-state index contributed by atoms with van der Waals surface area (Å²) in [4.78, 5) is 30.6. The Morgan fingerprint density at radius 2 is 1.90 bits per heavy atom. The minimum Gasteiger partial charge on any atom is -0.325 e. The van der Waals surface area contributed by atoms with Crippen molar-refractivity contribution >= 4 is 22.5 Å². The Bertz CT molecular complexity index is 836. The lowest BCUT2D eigenvalue weighted by Crippen LogP contribution is -2.17. The van der Waals surface area contributed by atoms with Crippen LogP contribution in [0.1, 0.15) is 5.56 Å². The highest BCUT2D eigenvalue weighted by atomic mass is 16.1. The van der Waals surface area contributed by atoms with Crippen molar-refractivity contribution in [1.29, 1.82) is 0 Å². The van der Waals surface area contributed by atoms with Crippen LogP contribution in [0.15, 0.2) is 59.7 Å². The first-order valence-electron chi connectivity index (χ1n) is 6.54. The van der Waals surface area contributed by atoms with Crippen LogP contribution in [0.2, 0.25) is 0 Å². The van der Waals surface area contributed by atoms with E-state index in [2.05, 4.69) is 15.3 Å². The molecule has 1 heterocycles. The molecule has 0 aliphatic carbocycles. The number of rotatable bonds is 3. The van der Waals surface area contributed by atoms with Gasteiger partial charge in [-0.05, 0) is 17.7 Å². The van der Waals surface area contributed by atoms with Crippen LogP contribution in [0.5, 0.6) is 0 Å². The first-order chi connectivity index (χ1) is 10.2. The lowest BCUT2D eigenvalue weighted by Gasteiger charge is -2.07. The van der Waals surface area contributed by atoms with Crippen molar-refractivity contribution in [2.45, 2.75) is 6.42 Å². The summed E-state index contributed by atoms with van der Waals surface area (Å²) in [5.41, 5.74) is 1.68. The summed E-state index contributed by atoms with van der Waals surface area (Å²) in [6.07, 6.45) is 1.61. The van der Waals surface area contributed by atoms with Gasteiger partial charge in [-0.15, -0.1) is 0 Å². The zero-order valence-corrected chi connectivity index (χ0v) is 11.2. The van der Waals surface area contributed by atoms with E-state index < -0.39 is 0 Å². The lowest BCUT2D eigenvalue weighted by atomic mass is 10.1. The van der Waals surface area contributed by atoms with Crippen molar-refractivity contribution in [2.24, 2.45) is 0 Å². The number of carbonyl (C=O) groups is 1. The molecule has 1 amide bonds. The molecule has 5 heteroatoms. The van der Waals surface area contributed by atoms with Crippen LogP contribution < -0.4 is 10.9 Å². The van der Waals surface area contributed by atoms with Gasteiger partial charge in [0.05, 0.1) is 29.3 Å². The Labute approximate surface area is 120 Å². The molecule has 0 fully saturated rings. The van der Waals surface area contributed by atoms with E-state index in [0.29, 0.717) is 16.6 Å². The van der Waals surface area contributed by atoms with Crippen molar-refractivity contribution < 1.29 is 4.79 Å². The van der Waals surface area contributed by atoms with Crippen LogP contribution in [-0.4, -0.2) is 15.9 Å². The maximum absolute atomic E-state index is 12.1. The Kier molecular flexibility index (Phi) is 3.47. The fraction of sp³-hybridized carbons (Fsp3) is 0.0625. The Balaban J connectivity index is 1.88. The Morgan fingerprint density at radius 3 is 2.71 bits per heavy atom. The highest BCUT2D eigenvalue weighted by Crippen LogP contribution is 2.17. The van der Waals surface area contributed by atoms with Crippen LogP contribution in [0.3, 0.4) is 0 Å². The number of hydrogen-bond acceptors (Lipinski definition) is 3. The van der Waals surface area contributed by atoms with Gasteiger partial charge in [0.15, 0.2) is 0 Å². The summed E-state index contributed by atoms with van der Waals surface area (Å²) in [5.74, 6) is -0.169. The van der Waals surface area contributed by atoms with Gasteiger partial charge in [0.1, 0.15) is 0 Å². The molecule has 2 aromatic carbocycles. The predicted molar refractivity (Wildman–Crippen MR) is 81.1 cm³/mol. The first-order valence-corrected chi connectivity index (χ1v) is 6.54. The zero-order valence-electron chi connectivity index (χ0n) is 11.2. The summed E-state index contributed by atoms with van der Waals surface area (Å²) in [7, 11) is 0. The molecule has 0 unspecified atom stereocenters. The van der Waals surface area contributed by atoms with Gasteiger partial charge in [-0.3, -0.25) is 9.59 Å². The second-order valence-corrected chi connectivity index (χ2v) is 4.64. The number of anilines is 1. The van der Waals surface area contributed by atoms with Crippen LogP contribution >= 0.6 is 0 Å². The molecule has 0 spiro atoms. The minimum absolute atomic E-state index is 0.169. The van der Waals surface area contributed by atoms with Crippen LogP contribution in [0, 0.1) is 0 Å². The number of fused-ring (bicyclic) bond motifs is 1. The largest absolute Gasteiger partial charge is 0.325 e. The third kappa shape index (κ3) is 2.81. The maximum Gasteiger partial charge on any atom is 0.260 e. The van der Waals surface area contributed by atoms with E-state index in [-0.39, 0.29) is 17.9 Å². The fourth-order valence-corrected chi connectivity index (χ4v) is 2.20. The summed E-state index contributed by atoms with van der Waals surface area (Å²) < 4.78 is 0. The zero-order chi connectivity index (χ0) is 14.7. The van der Waals surface area contributed by atoms with E-state index in [1.807, 2.05) is 30.3 Å². The molecular weight excluding hydrogens is 266 g/mol. The van der Waals surface area contributed by atoms with Crippen molar-refractivity contribution in [1.82, 2.24) is 9.97 Å². The van der Waals surface area contributed by atoms with Gasteiger partial charge in [0.25, 0.3) is 5.56 Å². The Morgan fingerprint density at radius 1 is 1.10 bits per heavy atom. The van der Waals surface area contributed by atoms with Gasteiger partial charge in [0, 0.05) is 0 Å². The summed E-state index contributed by atoms with van der Waals surface area (Å²) in [6, 6.07) is 14.6. The smallest absolute Gasteiger partial charge is 0.260 e. The number of aromatic nitrogens is 2. The van der Waals surface area contributed by atoms with Gasteiger partial charge in [0.2, 0.25) is 5.91 Å². The van der Waals surface area contributed by atoms with E-state index in [9.17, 15) is 9.59 Å². The van der Waals surface area contributed by atoms with Crippen molar-refractivity contribution in [3.8, 4) is 0 Å². The van der Waals surface area contributed by atoms with Gasteiger partial charge in [-0.25, -0.2) is 4.98 Å². The van der Waals surface area contributed by atoms with Gasteiger partial charge in [-0.1, -0.05) is 36.4 Å². The van der Waals surface area contributed by atoms with Gasteiger partial charge >= 0.3 is 0 Å². The summed E-state index contributed by atoms with van der Waals surface area (Å²) in [5, 5.41) is 3.17. The molecule has 1 aromatic heterocycles. The highest BCUT2D eigenvalue weighted by molar-refractivity contribution is 6.01.